The van der Waals surface area contributed by atoms with E-state index in [9.17, 15) is 9.59 Å². The van der Waals surface area contributed by atoms with E-state index in [-0.39, 0.29) is 44.5 Å². The number of rotatable bonds is 10. The fraction of sp³-hybridized carbons (Fsp3) is 0.455. The topological polar surface area (TPSA) is 149 Å². The van der Waals surface area contributed by atoms with Gasteiger partial charge in [-0.25, -0.2) is 14.8 Å². The summed E-state index contributed by atoms with van der Waals surface area (Å²) >= 11 is 3.18. The molecule has 0 atom stereocenters. The van der Waals surface area contributed by atoms with Gasteiger partial charge in [0.1, 0.15) is 22.6 Å². The molecule has 0 saturated carbocycles. The van der Waals surface area contributed by atoms with E-state index in [1.165, 1.54) is 11.1 Å². The number of nitrogens with two attached hydrogens (primary N) is 1. The van der Waals surface area contributed by atoms with Crippen LogP contribution in [0.15, 0.2) is 29.0 Å². The molecule has 0 fully saturated rings. The molecule has 1 aromatic carbocycles. The van der Waals surface area contributed by atoms with Gasteiger partial charge < -0.3 is 35.3 Å². The molecule has 34 heavy (non-hydrogen) atoms. The lowest BCUT2D eigenvalue weighted by molar-refractivity contribution is 0.0283. The van der Waals surface area contributed by atoms with Gasteiger partial charge in [0, 0.05) is 12.6 Å². The number of amides is 2. The molecule has 1 aromatic heterocycles. The van der Waals surface area contributed by atoms with E-state index in [2.05, 4.69) is 31.2 Å². The van der Waals surface area contributed by atoms with Gasteiger partial charge in [-0.05, 0) is 42.8 Å². The number of hydrogen-bond donors (Lipinski definition) is 3. The molecule has 2 aromatic rings. The maximum Gasteiger partial charge on any atom is 0.410 e. The number of carbonyl (C=O) groups excluding carboxylic acids is 2. The van der Waals surface area contributed by atoms with Crippen LogP contribution in [-0.2, 0) is 16.0 Å². The number of benzene rings is 1. The van der Waals surface area contributed by atoms with Crippen LogP contribution < -0.4 is 15.8 Å². The number of aliphatic hydroxyl groups excluding tert-OH is 1. The van der Waals surface area contributed by atoms with Gasteiger partial charge in [-0.2, -0.15) is 0 Å². The highest BCUT2D eigenvalue weighted by atomic mass is 79.9. The smallest absolute Gasteiger partial charge is 0.410 e. The van der Waals surface area contributed by atoms with Crippen molar-refractivity contribution < 1.29 is 28.9 Å². The van der Waals surface area contributed by atoms with E-state index >= 15 is 0 Å². The van der Waals surface area contributed by atoms with E-state index in [4.69, 9.17) is 25.1 Å². The summed E-state index contributed by atoms with van der Waals surface area (Å²) < 4.78 is 16.9. The van der Waals surface area contributed by atoms with Crippen LogP contribution in [0.25, 0.3) is 0 Å². The third-order valence-electron chi connectivity index (χ3n) is 4.15. The first kappa shape index (κ1) is 27.3. The van der Waals surface area contributed by atoms with Crippen molar-refractivity contribution in [3.8, 4) is 5.75 Å². The molecule has 2 amide bonds. The summed E-state index contributed by atoms with van der Waals surface area (Å²) in [6, 6.07) is 5.15. The Labute approximate surface area is 206 Å². The van der Waals surface area contributed by atoms with Crippen molar-refractivity contribution in [1.82, 2.24) is 14.9 Å². The molecular formula is C22H30BrN5O6. The number of hydrogen-bond acceptors (Lipinski definition) is 9. The van der Waals surface area contributed by atoms with Crippen LogP contribution >= 0.6 is 15.9 Å². The van der Waals surface area contributed by atoms with Gasteiger partial charge in [-0.3, -0.25) is 4.79 Å². The quantitative estimate of drug-likeness (QED) is 0.387. The minimum absolute atomic E-state index is 0.0265. The zero-order chi connectivity index (χ0) is 25.3. The number of para-hydroxylation sites is 1. The Morgan fingerprint density at radius 1 is 1.24 bits per heavy atom. The molecule has 2 rings (SSSR count). The van der Waals surface area contributed by atoms with Crippen molar-refractivity contribution in [3.63, 3.8) is 0 Å². The monoisotopic (exact) mass is 539 g/mol. The molecule has 11 nitrogen and oxygen atoms in total. The minimum atomic E-state index is -0.643. The first-order valence-electron chi connectivity index (χ1n) is 10.5. The number of nitrogens with one attached hydrogen (secondary N) is 1. The number of nitrogens with zero attached hydrogens (tertiary/aromatic N) is 3. The van der Waals surface area contributed by atoms with Crippen molar-refractivity contribution in [1.29, 1.82) is 0 Å². The van der Waals surface area contributed by atoms with Gasteiger partial charge in [0.25, 0.3) is 5.91 Å². The van der Waals surface area contributed by atoms with Crippen LogP contribution in [0.5, 0.6) is 5.75 Å². The number of carbonyl (C=O) groups is 2. The van der Waals surface area contributed by atoms with Crippen LogP contribution in [0.1, 0.15) is 36.8 Å². The molecule has 186 valence electrons. The van der Waals surface area contributed by atoms with E-state index in [1.54, 1.807) is 46.0 Å². The molecule has 0 unspecified atom stereocenters. The van der Waals surface area contributed by atoms with Gasteiger partial charge in [0.05, 0.1) is 38.2 Å². The molecule has 0 aliphatic heterocycles. The zero-order valence-corrected chi connectivity index (χ0v) is 21.2. The van der Waals surface area contributed by atoms with Gasteiger partial charge in [-0.1, -0.05) is 12.1 Å². The van der Waals surface area contributed by atoms with Gasteiger partial charge in [0.15, 0.2) is 11.5 Å². The lowest BCUT2D eigenvalue weighted by Gasteiger charge is -2.25. The fourth-order valence-electron chi connectivity index (χ4n) is 2.73. The summed E-state index contributed by atoms with van der Waals surface area (Å²) in [7, 11) is 1.60. The van der Waals surface area contributed by atoms with Crippen molar-refractivity contribution >= 4 is 39.4 Å². The van der Waals surface area contributed by atoms with Crippen molar-refractivity contribution in [2.75, 3.05) is 44.5 Å². The second kappa shape index (κ2) is 12.5. The summed E-state index contributed by atoms with van der Waals surface area (Å²) in [5.41, 5.74) is 6.09. The van der Waals surface area contributed by atoms with Crippen LogP contribution in [0.3, 0.4) is 0 Å². The van der Waals surface area contributed by atoms with Gasteiger partial charge >= 0.3 is 6.09 Å². The maximum atomic E-state index is 12.8. The predicted molar refractivity (Wildman–Crippen MR) is 130 cm³/mol. The van der Waals surface area contributed by atoms with E-state index in [0.29, 0.717) is 21.6 Å². The third kappa shape index (κ3) is 8.43. The number of ether oxygens (including phenoxy) is 3. The largest absolute Gasteiger partial charge is 0.489 e. The van der Waals surface area contributed by atoms with E-state index in [1.807, 2.05) is 0 Å². The fourth-order valence-corrected chi connectivity index (χ4v) is 3.01. The Bertz CT molecular complexity index is 998. The highest BCUT2D eigenvalue weighted by molar-refractivity contribution is 9.10. The highest BCUT2D eigenvalue weighted by Gasteiger charge is 2.22. The highest BCUT2D eigenvalue weighted by Crippen LogP contribution is 2.31. The van der Waals surface area contributed by atoms with Crippen LogP contribution in [-0.4, -0.2) is 71.1 Å². The van der Waals surface area contributed by atoms with Crippen LogP contribution in [0, 0.1) is 0 Å². The molecule has 0 radical (unpaired) electrons. The molecule has 12 heteroatoms. The Hall–Kier alpha value is -2.96. The molecule has 1 heterocycles. The first-order chi connectivity index (χ1) is 16.0. The molecule has 0 bridgehead atoms. The molecule has 4 N–H and O–H groups in total. The SMILES string of the molecule is CN(Cc1cccc(NC(=O)c2nc(Br)cnc2N)c1OCCOCCO)C(=O)OC(C)(C)C. The third-order valence-corrected chi connectivity index (χ3v) is 4.54. The molecular weight excluding hydrogens is 510 g/mol. The number of aromatic nitrogens is 2. The van der Waals surface area contributed by atoms with Crippen molar-refractivity contribution in [3.05, 3.63) is 40.3 Å². The van der Waals surface area contributed by atoms with Gasteiger partial charge in [-0.15, -0.1) is 0 Å². The van der Waals surface area contributed by atoms with E-state index in [0.717, 1.165) is 0 Å². The summed E-state index contributed by atoms with van der Waals surface area (Å²) in [6.45, 7) is 5.95. The average Bonchev–Trinajstić information content (AvgIpc) is 2.75. The molecule has 0 saturated heterocycles. The van der Waals surface area contributed by atoms with Gasteiger partial charge in [0.2, 0.25) is 0 Å². The standard InChI is InChI=1S/C22H30BrN5O6/c1-22(2,3)34-21(31)28(4)13-14-6-5-7-15(18(14)33-11-10-32-9-8-29)26-20(30)17-19(24)25-12-16(23)27-17/h5-7,12,29H,8-11,13H2,1-4H3,(H2,24,25)(H,26,30). The Kier molecular flexibility index (Phi) is 10.0. The Morgan fingerprint density at radius 2 is 1.97 bits per heavy atom. The van der Waals surface area contributed by atoms with Crippen molar-refractivity contribution in [2.24, 2.45) is 0 Å². The number of halogens is 1. The summed E-state index contributed by atoms with van der Waals surface area (Å²) in [6.07, 6.45) is 0.886. The summed E-state index contributed by atoms with van der Waals surface area (Å²) in [5.74, 6) is -0.257. The maximum absolute atomic E-state index is 12.8. The molecule has 0 aliphatic carbocycles. The van der Waals surface area contributed by atoms with Crippen molar-refractivity contribution in [2.45, 2.75) is 32.9 Å². The number of nitrogen functional groups attached to an aromatic ring is 1. The predicted octanol–water partition coefficient (Wildman–Crippen LogP) is 2.83. The minimum Gasteiger partial charge on any atom is -0.489 e. The molecule has 0 spiro atoms. The lowest BCUT2D eigenvalue weighted by Crippen LogP contribution is -2.34. The Morgan fingerprint density at radius 3 is 2.65 bits per heavy atom. The van der Waals surface area contributed by atoms with E-state index < -0.39 is 17.6 Å². The normalized spacial score (nSPS) is 11.1. The zero-order valence-electron chi connectivity index (χ0n) is 19.6. The lowest BCUT2D eigenvalue weighted by atomic mass is 10.1. The second-order valence-corrected chi connectivity index (χ2v) is 9.01. The summed E-state index contributed by atoms with van der Waals surface area (Å²) in [4.78, 5) is 34.7. The summed E-state index contributed by atoms with van der Waals surface area (Å²) in [5, 5.41) is 11.6. The Balaban J connectivity index is 2.29. The van der Waals surface area contributed by atoms with Crippen LogP contribution in [0.2, 0.25) is 0 Å². The molecule has 0 aliphatic rings. The number of aliphatic hydroxyl groups is 1. The average molecular weight is 540 g/mol. The first-order valence-corrected chi connectivity index (χ1v) is 11.3. The van der Waals surface area contributed by atoms with Crippen LogP contribution in [0.4, 0.5) is 16.3 Å². The number of anilines is 2. The second-order valence-electron chi connectivity index (χ2n) is 8.20.